The number of hydrogen-bond donors (Lipinski definition) is 1. The van der Waals surface area contributed by atoms with Crippen LogP contribution in [0.3, 0.4) is 0 Å². The first kappa shape index (κ1) is 21.8. The molecule has 2 aliphatic rings. The third-order valence-electron chi connectivity index (χ3n) is 5.67. The van der Waals surface area contributed by atoms with Gasteiger partial charge in [0.2, 0.25) is 15.9 Å². The summed E-state index contributed by atoms with van der Waals surface area (Å²) in [7, 11) is -3.71. The number of rotatable bonds is 5. The van der Waals surface area contributed by atoms with Crippen molar-refractivity contribution in [2.24, 2.45) is 5.92 Å². The van der Waals surface area contributed by atoms with E-state index in [0.29, 0.717) is 43.7 Å². The predicted molar refractivity (Wildman–Crippen MR) is 111 cm³/mol. The van der Waals surface area contributed by atoms with Gasteiger partial charge in [0.1, 0.15) is 4.90 Å². The first-order valence-electron chi connectivity index (χ1n) is 9.74. The Balaban J connectivity index is 1.54. The number of sulfonamides is 1. The largest absolute Gasteiger partial charge is 0.352 e. The standard InChI is InChI=1S/C19H27Cl2N3O3S/c1-14-4-2-3-5-17(14)22-19(25)13-23-8-10-24(11-9-23)28(26,27)18-12-15(20)6-7-16(18)21/h6-7,12,14,17H,2-5,8-11,13H2,1H3,(H,22,25). The summed E-state index contributed by atoms with van der Waals surface area (Å²) in [4.78, 5) is 14.4. The molecule has 1 N–H and O–H groups in total. The van der Waals surface area contributed by atoms with Gasteiger partial charge in [-0.15, -0.1) is 0 Å². The molecule has 6 nitrogen and oxygen atoms in total. The first-order valence-corrected chi connectivity index (χ1v) is 11.9. The van der Waals surface area contributed by atoms with Gasteiger partial charge < -0.3 is 5.32 Å². The van der Waals surface area contributed by atoms with Gasteiger partial charge in [0, 0.05) is 37.2 Å². The number of nitrogens with zero attached hydrogens (tertiary/aromatic N) is 2. The molecule has 28 heavy (non-hydrogen) atoms. The topological polar surface area (TPSA) is 69.7 Å². The number of hydrogen-bond acceptors (Lipinski definition) is 4. The van der Waals surface area contributed by atoms with Crippen molar-refractivity contribution in [3.8, 4) is 0 Å². The molecule has 0 radical (unpaired) electrons. The lowest BCUT2D eigenvalue weighted by molar-refractivity contribution is -0.123. The van der Waals surface area contributed by atoms with Crippen LogP contribution in [0.4, 0.5) is 0 Å². The molecule has 0 spiro atoms. The summed E-state index contributed by atoms with van der Waals surface area (Å²) in [6.07, 6.45) is 4.60. The second kappa shape index (κ2) is 9.30. The van der Waals surface area contributed by atoms with Crippen LogP contribution in [0.5, 0.6) is 0 Å². The fourth-order valence-electron chi connectivity index (χ4n) is 3.93. The molecule has 2 atom stereocenters. The van der Waals surface area contributed by atoms with E-state index in [1.807, 2.05) is 4.90 Å². The highest BCUT2D eigenvalue weighted by atomic mass is 35.5. The van der Waals surface area contributed by atoms with Gasteiger partial charge >= 0.3 is 0 Å². The van der Waals surface area contributed by atoms with Crippen LogP contribution in [0, 0.1) is 5.92 Å². The minimum Gasteiger partial charge on any atom is -0.352 e. The Bertz CT molecular complexity index is 811. The zero-order valence-corrected chi connectivity index (χ0v) is 18.4. The molecule has 1 amide bonds. The van der Waals surface area contributed by atoms with E-state index in [1.54, 1.807) is 6.07 Å². The molecule has 1 aliphatic heterocycles. The van der Waals surface area contributed by atoms with Crippen molar-refractivity contribution in [1.82, 2.24) is 14.5 Å². The van der Waals surface area contributed by atoms with E-state index in [4.69, 9.17) is 23.2 Å². The van der Waals surface area contributed by atoms with Crippen molar-refractivity contribution in [3.63, 3.8) is 0 Å². The molecule has 1 aromatic rings. The molecular formula is C19H27Cl2N3O3S. The van der Waals surface area contributed by atoms with E-state index in [1.165, 1.54) is 22.9 Å². The van der Waals surface area contributed by atoms with Gasteiger partial charge in [0.05, 0.1) is 11.6 Å². The highest BCUT2D eigenvalue weighted by molar-refractivity contribution is 7.89. The summed E-state index contributed by atoms with van der Waals surface area (Å²) in [5.74, 6) is 0.537. The van der Waals surface area contributed by atoms with Crippen molar-refractivity contribution < 1.29 is 13.2 Å². The molecule has 156 valence electrons. The predicted octanol–water partition coefficient (Wildman–Crippen LogP) is 2.99. The van der Waals surface area contributed by atoms with Gasteiger partial charge in [-0.3, -0.25) is 9.69 Å². The van der Waals surface area contributed by atoms with E-state index < -0.39 is 10.0 Å². The van der Waals surface area contributed by atoms with Gasteiger partial charge in [-0.25, -0.2) is 8.42 Å². The first-order chi connectivity index (χ1) is 13.3. The second-order valence-corrected chi connectivity index (χ2v) is 10.4. The quantitative estimate of drug-likeness (QED) is 0.752. The van der Waals surface area contributed by atoms with E-state index in [2.05, 4.69) is 12.2 Å². The summed E-state index contributed by atoms with van der Waals surface area (Å²) >= 11 is 12.0. The molecule has 9 heteroatoms. The smallest absolute Gasteiger partial charge is 0.244 e. The lowest BCUT2D eigenvalue weighted by Gasteiger charge is -2.35. The summed E-state index contributed by atoms with van der Waals surface area (Å²) in [5.41, 5.74) is 0. The van der Waals surface area contributed by atoms with Crippen LogP contribution < -0.4 is 5.32 Å². The highest BCUT2D eigenvalue weighted by Crippen LogP contribution is 2.28. The second-order valence-electron chi connectivity index (χ2n) is 7.69. The maximum absolute atomic E-state index is 12.9. The molecule has 1 saturated carbocycles. The average Bonchev–Trinajstić information content (AvgIpc) is 2.66. The van der Waals surface area contributed by atoms with E-state index in [0.717, 1.165) is 19.3 Å². The fourth-order valence-corrected chi connectivity index (χ4v) is 6.09. The number of benzene rings is 1. The maximum atomic E-state index is 12.9. The number of halogens is 2. The van der Waals surface area contributed by atoms with E-state index in [-0.39, 0.29) is 21.9 Å². The van der Waals surface area contributed by atoms with Crippen molar-refractivity contribution in [3.05, 3.63) is 28.2 Å². The molecule has 1 aromatic carbocycles. The average molecular weight is 448 g/mol. The van der Waals surface area contributed by atoms with Crippen molar-refractivity contribution in [2.75, 3.05) is 32.7 Å². The van der Waals surface area contributed by atoms with Crippen LogP contribution in [0.25, 0.3) is 0 Å². The number of nitrogens with one attached hydrogen (secondary N) is 1. The minimum atomic E-state index is -3.71. The van der Waals surface area contributed by atoms with Crippen LogP contribution in [0.15, 0.2) is 23.1 Å². The van der Waals surface area contributed by atoms with Crippen LogP contribution in [0.1, 0.15) is 32.6 Å². The molecule has 1 heterocycles. The summed E-state index contributed by atoms with van der Waals surface area (Å²) < 4.78 is 27.2. The zero-order valence-electron chi connectivity index (χ0n) is 16.0. The Morgan fingerprint density at radius 2 is 1.82 bits per heavy atom. The zero-order chi connectivity index (χ0) is 20.3. The van der Waals surface area contributed by atoms with Gasteiger partial charge in [-0.05, 0) is 37.0 Å². The normalized spacial score (nSPS) is 24.8. The molecule has 0 bridgehead atoms. The van der Waals surface area contributed by atoms with Gasteiger partial charge in [-0.1, -0.05) is 43.0 Å². The highest BCUT2D eigenvalue weighted by Gasteiger charge is 2.31. The molecule has 1 aliphatic carbocycles. The van der Waals surface area contributed by atoms with Crippen molar-refractivity contribution >= 4 is 39.1 Å². The number of carbonyl (C=O) groups excluding carboxylic acids is 1. The third-order valence-corrected chi connectivity index (χ3v) is 8.28. The van der Waals surface area contributed by atoms with Gasteiger partial charge in [-0.2, -0.15) is 4.31 Å². The maximum Gasteiger partial charge on any atom is 0.244 e. The number of carbonyl (C=O) groups is 1. The van der Waals surface area contributed by atoms with Gasteiger partial charge in [0.15, 0.2) is 0 Å². The van der Waals surface area contributed by atoms with E-state index >= 15 is 0 Å². The van der Waals surface area contributed by atoms with Crippen LogP contribution in [-0.2, 0) is 14.8 Å². The molecule has 3 rings (SSSR count). The summed E-state index contributed by atoms with van der Waals surface area (Å²) in [6, 6.07) is 4.69. The van der Waals surface area contributed by atoms with Crippen molar-refractivity contribution in [1.29, 1.82) is 0 Å². The lowest BCUT2D eigenvalue weighted by atomic mass is 9.86. The molecule has 2 unspecified atom stereocenters. The molecule has 2 fully saturated rings. The Morgan fingerprint density at radius 1 is 1.14 bits per heavy atom. The Labute approximate surface area is 177 Å². The fraction of sp³-hybridized carbons (Fsp3) is 0.632. The monoisotopic (exact) mass is 447 g/mol. The number of amides is 1. The Kier molecular flexibility index (Phi) is 7.26. The van der Waals surface area contributed by atoms with Crippen molar-refractivity contribution in [2.45, 2.75) is 43.5 Å². The van der Waals surface area contributed by atoms with Gasteiger partial charge in [0.25, 0.3) is 0 Å². The molecule has 0 aromatic heterocycles. The van der Waals surface area contributed by atoms with Crippen LogP contribution >= 0.6 is 23.2 Å². The summed E-state index contributed by atoms with van der Waals surface area (Å²) in [5, 5.41) is 3.64. The lowest BCUT2D eigenvalue weighted by Crippen LogP contribution is -2.52. The Morgan fingerprint density at radius 3 is 2.50 bits per heavy atom. The van der Waals surface area contributed by atoms with Crippen LogP contribution in [-0.4, -0.2) is 62.3 Å². The minimum absolute atomic E-state index is 0.0212. The third kappa shape index (κ3) is 5.19. The summed E-state index contributed by atoms with van der Waals surface area (Å²) in [6.45, 7) is 4.14. The van der Waals surface area contributed by atoms with Crippen LogP contribution in [0.2, 0.25) is 10.0 Å². The molecular weight excluding hydrogens is 421 g/mol. The SMILES string of the molecule is CC1CCCCC1NC(=O)CN1CCN(S(=O)(=O)c2cc(Cl)ccc2Cl)CC1. The molecule has 1 saturated heterocycles. The Hall–Kier alpha value is -0.860. The number of piperazine rings is 1. The van der Waals surface area contributed by atoms with E-state index in [9.17, 15) is 13.2 Å².